The van der Waals surface area contributed by atoms with Crippen LogP contribution < -0.4 is 21.7 Å². The van der Waals surface area contributed by atoms with Gasteiger partial charge in [0.25, 0.3) is 11.1 Å². The van der Waals surface area contributed by atoms with E-state index in [1.807, 2.05) is 50.2 Å². The number of nitrogen functional groups attached to an aromatic ring is 1. The zero-order valence-electron chi connectivity index (χ0n) is 46.9. The van der Waals surface area contributed by atoms with Crippen LogP contribution in [0.3, 0.4) is 0 Å². The zero-order valence-corrected chi connectivity index (χ0v) is 50.9. The number of aryl methyl sites for hydroxylation is 4. The van der Waals surface area contributed by atoms with E-state index < -0.39 is 43.0 Å². The number of anilines is 2. The molecular weight excluding hydrogens is 1100 g/mol. The normalized spacial score (nSPS) is 15.2. The molecule has 1 amide bonds. The molecule has 21 heteroatoms. The molecule has 6 rings (SSSR count). The first-order valence-electron chi connectivity index (χ1n) is 26.6. The molecule has 0 bridgehead atoms. The van der Waals surface area contributed by atoms with Crippen LogP contribution in [0.25, 0.3) is 0 Å². The minimum Gasteiger partial charge on any atom is -0.467 e. The highest BCUT2D eigenvalue weighted by molar-refractivity contribution is 7.90. The van der Waals surface area contributed by atoms with Crippen molar-refractivity contribution >= 4 is 100 Å². The van der Waals surface area contributed by atoms with E-state index in [1.165, 1.54) is 26.7 Å². The minimum absolute atomic E-state index is 0.166. The molecule has 79 heavy (non-hydrogen) atoms. The van der Waals surface area contributed by atoms with Crippen molar-refractivity contribution in [2.45, 2.75) is 143 Å². The number of sulfone groups is 2. The second kappa shape index (κ2) is 31.0. The van der Waals surface area contributed by atoms with Crippen LogP contribution >= 0.6 is 36.0 Å². The quantitative estimate of drug-likeness (QED) is 0.0177. The van der Waals surface area contributed by atoms with E-state index in [4.69, 9.17) is 51.2 Å². The van der Waals surface area contributed by atoms with Crippen molar-refractivity contribution in [3.63, 3.8) is 0 Å². The highest BCUT2D eigenvalue weighted by Crippen LogP contribution is 2.44. The number of halogens is 1. The standard InChI is InChI=1S/C29H39N3O5S2.C21H32N2O4S2.C8H8ClNO/c1-20-13-17-30-21(2)25(20)26(33)31-23-11-9-22(10-12-23)19-24(27(34)37-3)32-28(38)29(14-5-6-15-29)16-7-8-18-39(4,35)36;1-27-19(24)18(15-16-7-9-17(22)10-8-16)23-20(28)21(11-3-4-12-21)13-5-6-14-29(2,25)26;1-5-3-4-10-6(2)7(5)8(9)11/h9-13,17,24H,5-8,14-16,18-19H2,1-4H3,(H,31,33)(H,32,38);7-10,18H,3-6,11-15,22H2,1-2H3,(H,23,28);3-4H,1-2H3/t24-;18-;/m00./s1. The number of rotatable bonds is 23. The molecule has 0 saturated heterocycles. The van der Waals surface area contributed by atoms with Gasteiger partial charge in [0, 0.05) is 77.2 Å². The number of nitrogens with one attached hydrogen (secondary N) is 3. The number of hydrogen-bond acceptors (Lipinski definition) is 15. The monoisotopic (exact) mass is 1180 g/mol. The molecule has 2 saturated carbocycles. The van der Waals surface area contributed by atoms with Crippen LogP contribution in [0.4, 0.5) is 11.4 Å². The van der Waals surface area contributed by atoms with Crippen molar-refractivity contribution in [2.75, 3.05) is 49.3 Å². The van der Waals surface area contributed by atoms with E-state index in [9.17, 15) is 36.0 Å². The number of benzene rings is 2. The smallest absolute Gasteiger partial charge is 0.328 e. The van der Waals surface area contributed by atoms with Gasteiger partial charge in [0.2, 0.25) is 0 Å². The predicted octanol–water partition coefficient (Wildman–Crippen LogP) is 9.85. The number of ether oxygens (including phenoxy) is 2. The Bertz CT molecular complexity index is 2920. The first-order chi connectivity index (χ1) is 37.2. The van der Waals surface area contributed by atoms with Gasteiger partial charge in [-0.3, -0.25) is 19.6 Å². The summed E-state index contributed by atoms with van der Waals surface area (Å²) in [5.74, 6) is -0.600. The Balaban J connectivity index is 0.000000293. The van der Waals surface area contributed by atoms with E-state index in [0.717, 1.165) is 99.3 Å². The number of carbonyl (C=O) groups excluding carboxylic acids is 4. The van der Waals surface area contributed by atoms with Crippen molar-refractivity contribution in [1.29, 1.82) is 0 Å². The third-order valence-corrected chi connectivity index (χ3v) is 18.1. The SMILES string of the molecule is COC(=O)[C@H](Cc1ccc(N)cc1)NC(=S)C1(CCCCS(C)(=O)=O)CCCC1.COC(=O)[C@H](Cc1ccc(NC(=O)c2c(C)ccnc2C)cc1)NC(=S)C1(CCCCS(C)(=O)=O)CCCC1.Cc1ccnc(C)c1C(=O)Cl. The Morgan fingerprint density at radius 3 is 1.34 bits per heavy atom. The number of unbranched alkanes of at least 4 members (excludes halogenated alkanes) is 2. The third kappa shape index (κ3) is 21.2. The Hall–Kier alpha value is -5.41. The highest BCUT2D eigenvalue weighted by atomic mass is 35.5. The summed E-state index contributed by atoms with van der Waals surface area (Å²) in [6.07, 6.45) is 19.2. The molecule has 2 aromatic carbocycles. The molecule has 0 aliphatic heterocycles. The second-order valence-corrected chi connectivity index (χ2v) is 26.7. The van der Waals surface area contributed by atoms with E-state index in [-0.39, 0.29) is 34.2 Å². The number of amides is 1. The molecule has 4 aromatic rings. The molecule has 2 heterocycles. The zero-order chi connectivity index (χ0) is 58.6. The van der Waals surface area contributed by atoms with Crippen LogP contribution in [-0.2, 0) is 51.6 Å². The van der Waals surface area contributed by atoms with Gasteiger partial charge in [-0.25, -0.2) is 26.4 Å². The second-order valence-electron chi connectivity index (χ2n) is 21.0. The van der Waals surface area contributed by atoms with Crippen molar-refractivity contribution in [3.8, 4) is 0 Å². The molecule has 2 atom stereocenters. The number of methoxy groups -OCH3 is 2. The Morgan fingerprint density at radius 1 is 0.620 bits per heavy atom. The molecule has 2 aliphatic rings. The van der Waals surface area contributed by atoms with Crippen LogP contribution in [0.2, 0.25) is 0 Å². The van der Waals surface area contributed by atoms with Gasteiger partial charge in [-0.05, 0) is 149 Å². The van der Waals surface area contributed by atoms with Crippen molar-refractivity contribution in [3.05, 3.63) is 118 Å². The summed E-state index contributed by atoms with van der Waals surface area (Å²) in [7, 11) is -3.21. The molecule has 0 unspecified atom stereocenters. The molecule has 0 radical (unpaired) electrons. The number of nitrogens with zero attached hydrogens (tertiary/aromatic N) is 2. The summed E-state index contributed by atoms with van der Waals surface area (Å²) in [5, 5.41) is 9.06. The lowest BCUT2D eigenvalue weighted by Crippen LogP contribution is -2.48. The highest BCUT2D eigenvalue weighted by Gasteiger charge is 2.40. The van der Waals surface area contributed by atoms with Gasteiger partial charge >= 0.3 is 11.9 Å². The van der Waals surface area contributed by atoms with Crippen LogP contribution in [0.5, 0.6) is 0 Å². The number of nitrogens with two attached hydrogens (primary N) is 1. The fourth-order valence-corrected chi connectivity index (χ4v) is 12.9. The Morgan fingerprint density at radius 2 is 1.00 bits per heavy atom. The van der Waals surface area contributed by atoms with Crippen LogP contribution in [0, 0.1) is 38.5 Å². The maximum absolute atomic E-state index is 12.8. The van der Waals surface area contributed by atoms with Crippen LogP contribution in [-0.4, -0.2) is 110 Å². The van der Waals surface area contributed by atoms with Gasteiger partial charge in [0.05, 0.1) is 41.0 Å². The number of pyridine rings is 2. The van der Waals surface area contributed by atoms with Crippen LogP contribution in [0.1, 0.15) is 144 Å². The molecule has 2 aliphatic carbocycles. The van der Waals surface area contributed by atoms with Gasteiger partial charge in [-0.2, -0.15) is 0 Å². The average Bonchev–Trinajstić information content (AvgIpc) is 4.09. The topological polar surface area (TPSA) is 243 Å². The summed E-state index contributed by atoms with van der Waals surface area (Å²) in [6, 6.07) is 17.1. The Labute approximate surface area is 483 Å². The van der Waals surface area contributed by atoms with Gasteiger partial charge in [-0.1, -0.05) is 87.2 Å². The maximum Gasteiger partial charge on any atom is 0.328 e. The fraction of sp³-hybridized carbons (Fsp3) is 0.517. The predicted molar refractivity (Wildman–Crippen MR) is 322 cm³/mol. The number of hydrogen-bond donors (Lipinski definition) is 4. The van der Waals surface area contributed by atoms with Gasteiger partial charge < -0.3 is 31.2 Å². The van der Waals surface area contributed by atoms with Crippen LogP contribution in [0.15, 0.2) is 73.1 Å². The summed E-state index contributed by atoms with van der Waals surface area (Å²) in [5.41, 5.74) is 12.7. The summed E-state index contributed by atoms with van der Waals surface area (Å²) in [6.45, 7) is 7.29. The summed E-state index contributed by atoms with van der Waals surface area (Å²) >= 11 is 17.0. The average molecular weight is 1180 g/mol. The molecule has 5 N–H and O–H groups in total. The van der Waals surface area contributed by atoms with E-state index in [1.54, 1.807) is 50.5 Å². The molecule has 432 valence electrons. The summed E-state index contributed by atoms with van der Waals surface area (Å²) in [4.78, 5) is 58.2. The lowest BCUT2D eigenvalue weighted by molar-refractivity contribution is -0.143. The van der Waals surface area contributed by atoms with Gasteiger partial charge in [0.15, 0.2) is 0 Å². The maximum atomic E-state index is 12.8. The molecular formula is C58H79ClN6O10S4. The lowest BCUT2D eigenvalue weighted by atomic mass is 9.80. The first kappa shape index (κ1) is 66.1. The van der Waals surface area contributed by atoms with Gasteiger partial charge in [-0.15, -0.1) is 0 Å². The van der Waals surface area contributed by atoms with E-state index in [0.29, 0.717) is 69.5 Å². The van der Waals surface area contributed by atoms with Crippen molar-refractivity contribution in [2.24, 2.45) is 10.8 Å². The summed E-state index contributed by atoms with van der Waals surface area (Å²) < 4.78 is 55.9. The van der Waals surface area contributed by atoms with Crippen molar-refractivity contribution < 1.29 is 45.5 Å². The molecule has 16 nitrogen and oxygen atoms in total. The van der Waals surface area contributed by atoms with Gasteiger partial charge in [0.1, 0.15) is 31.8 Å². The minimum atomic E-state index is -2.99. The molecule has 0 spiro atoms. The lowest BCUT2D eigenvalue weighted by Gasteiger charge is -2.33. The van der Waals surface area contributed by atoms with Crippen molar-refractivity contribution in [1.82, 2.24) is 20.6 Å². The number of thiocarbonyl (C=S) groups is 2. The largest absolute Gasteiger partial charge is 0.467 e. The first-order valence-corrected chi connectivity index (χ1v) is 32.0. The Kier molecular flexibility index (Phi) is 25.9. The number of esters is 2. The molecule has 2 aromatic heterocycles. The number of carbonyl (C=O) groups is 4. The van der Waals surface area contributed by atoms with E-state index in [2.05, 4.69) is 25.9 Å². The number of aromatic nitrogens is 2. The molecule has 2 fully saturated rings. The van der Waals surface area contributed by atoms with E-state index >= 15 is 0 Å². The third-order valence-electron chi connectivity index (χ3n) is 14.7. The fourth-order valence-electron chi connectivity index (χ4n) is 10.3.